The molecule has 1 aliphatic carbocycles. The van der Waals surface area contributed by atoms with Gasteiger partial charge in [0.25, 0.3) is 0 Å². The van der Waals surface area contributed by atoms with Crippen molar-refractivity contribution in [2.45, 2.75) is 38.4 Å². The zero-order valence-corrected chi connectivity index (χ0v) is 16.0. The molecule has 2 fully saturated rings. The van der Waals surface area contributed by atoms with Crippen LogP contribution in [0.1, 0.15) is 30.7 Å². The molecule has 2 heterocycles. The number of imidazole rings is 1. The summed E-state index contributed by atoms with van der Waals surface area (Å²) in [6, 6.07) is 10.6. The smallest absolute Gasteiger partial charge is 0.234 e. The van der Waals surface area contributed by atoms with Gasteiger partial charge in [0.05, 0.1) is 13.1 Å². The summed E-state index contributed by atoms with van der Waals surface area (Å²) in [7, 11) is 2.02. The largest absolute Gasteiger partial charge is 0.351 e. The maximum absolute atomic E-state index is 12.7. The molecule has 1 aromatic heterocycles. The second-order valence-corrected chi connectivity index (χ2v) is 7.95. The Balaban J connectivity index is 1.40. The van der Waals surface area contributed by atoms with Crippen molar-refractivity contribution < 1.29 is 4.79 Å². The summed E-state index contributed by atoms with van der Waals surface area (Å²) in [5.41, 5.74) is 1.53. The number of nitrogens with one attached hydrogen (secondary N) is 2. The lowest BCUT2D eigenvalue weighted by Crippen LogP contribution is -2.41. The van der Waals surface area contributed by atoms with Gasteiger partial charge in [-0.1, -0.05) is 30.3 Å². The van der Waals surface area contributed by atoms with Crippen LogP contribution in [0.5, 0.6) is 0 Å². The molecule has 1 spiro atoms. The van der Waals surface area contributed by atoms with E-state index in [4.69, 9.17) is 0 Å². The molecule has 1 aliphatic heterocycles. The number of rotatable bonds is 7. The lowest BCUT2D eigenvalue weighted by molar-refractivity contribution is -0.122. The quantitative estimate of drug-likeness (QED) is 0.782. The molecule has 2 aliphatic rings. The average Bonchev–Trinajstić information content (AvgIpc) is 3.22. The summed E-state index contributed by atoms with van der Waals surface area (Å²) in [5.74, 6) is 1.10. The van der Waals surface area contributed by atoms with Gasteiger partial charge in [-0.05, 0) is 43.3 Å². The number of piperidine rings is 1. The molecular weight excluding hydrogens is 338 g/mol. The van der Waals surface area contributed by atoms with Crippen LogP contribution in [0.15, 0.2) is 42.7 Å². The van der Waals surface area contributed by atoms with E-state index in [1.807, 2.05) is 54.3 Å². The van der Waals surface area contributed by atoms with Gasteiger partial charge in [-0.15, -0.1) is 0 Å². The number of hydrogen-bond acceptors (Lipinski definition) is 4. The van der Waals surface area contributed by atoms with Crippen LogP contribution in [0, 0.1) is 5.41 Å². The van der Waals surface area contributed by atoms with Crippen molar-refractivity contribution >= 4 is 5.91 Å². The monoisotopic (exact) mass is 367 g/mol. The van der Waals surface area contributed by atoms with Crippen LogP contribution >= 0.6 is 0 Å². The standard InChI is InChI=1S/C21H29N5O/c1-25-12-11-23-19(25)15-26(18-13-21(18)7-9-22-10-8-21)16-20(27)24-14-17-5-3-2-4-6-17/h2-6,11-12,18,22H,7-10,13-16H2,1H3,(H,24,27)/t18-/m1/s1. The van der Waals surface area contributed by atoms with Crippen LogP contribution in [0.2, 0.25) is 0 Å². The Hall–Kier alpha value is -2.18. The Morgan fingerprint density at radius 2 is 2.11 bits per heavy atom. The van der Waals surface area contributed by atoms with E-state index in [-0.39, 0.29) is 5.91 Å². The Morgan fingerprint density at radius 3 is 2.81 bits per heavy atom. The van der Waals surface area contributed by atoms with Gasteiger partial charge in [-0.3, -0.25) is 9.69 Å². The molecule has 1 aromatic carbocycles. The number of carbonyl (C=O) groups excluding carboxylic acids is 1. The minimum atomic E-state index is 0.0871. The molecule has 2 aromatic rings. The van der Waals surface area contributed by atoms with Gasteiger partial charge in [0.1, 0.15) is 5.82 Å². The minimum Gasteiger partial charge on any atom is -0.351 e. The highest BCUT2D eigenvalue weighted by Crippen LogP contribution is 2.55. The average molecular weight is 367 g/mol. The normalized spacial score (nSPS) is 20.7. The molecule has 6 nitrogen and oxygen atoms in total. The van der Waals surface area contributed by atoms with E-state index in [0.29, 0.717) is 24.5 Å². The van der Waals surface area contributed by atoms with Gasteiger partial charge in [0.15, 0.2) is 0 Å². The fourth-order valence-electron chi connectivity index (χ4n) is 4.35. The van der Waals surface area contributed by atoms with E-state index in [2.05, 4.69) is 20.5 Å². The molecule has 0 unspecified atom stereocenters. The molecule has 1 atom stereocenters. The summed E-state index contributed by atoms with van der Waals surface area (Å²) >= 11 is 0. The first-order valence-electron chi connectivity index (χ1n) is 9.88. The van der Waals surface area contributed by atoms with E-state index >= 15 is 0 Å². The third kappa shape index (κ3) is 4.22. The predicted molar refractivity (Wildman–Crippen MR) is 105 cm³/mol. The first kappa shape index (κ1) is 18.2. The molecule has 6 heteroatoms. The Bertz CT molecular complexity index is 766. The number of aryl methyl sites for hydroxylation is 1. The first-order chi connectivity index (χ1) is 13.2. The molecule has 1 amide bonds. The highest BCUT2D eigenvalue weighted by atomic mass is 16.2. The summed E-state index contributed by atoms with van der Waals surface area (Å²) in [5, 5.41) is 6.54. The van der Waals surface area contributed by atoms with Gasteiger partial charge in [-0.25, -0.2) is 4.98 Å². The summed E-state index contributed by atoms with van der Waals surface area (Å²) < 4.78 is 2.05. The first-order valence-corrected chi connectivity index (χ1v) is 9.88. The van der Waals surface area contributed by atoms with Gasteiger partial charge in [-0.2, -0.15) is 0 Å². The summed E-state index contributed by atoms with van der Waals surface area (Å²) in [6.45, 7) is 3.91. The Labute approximate surface area is 161 Å². The SMILES string of the molecule is Cn1ccnc1CN(CC(=O)NCc1ccccc1)[C@@H]1CC12CCNCC2. The maximum Gasteiger partial charge on any atom is 0.234 e. The molecule has 144 valence electrons. The van der Waals surface area contributed by atoms with E-state index < -0.39 is 0 Å². The number of benzene rings is 1. The van der Waals surface area contributed by atoms with E-state index in [0.717, 1.165) is 31.0 Å². The van der Waals surface area contributed by atoms with Gasteiger partial charge in [0.2, 0.25) is 5.91 Å². The molecule has 27 heavy (non-hydrogen) atoms. The van der Waals surface area contributed by atoms with Crippen LogP contribution in [-0.4, -0.2) is 46.0 Å². The van der Waals surface area contributed by atoms with Gasteiger partial charge < -0.3 is 15.2 Å². The molecule has 1 saturated carbocycles. The number of amides is 1. The predicted octanol–water partition coefficient (Wildman–Crippen LogP) is 1.68. The zero-order valence-electron chi connectivity index (χ0n) is 16.0. The highest BCUT2D eigenvalue weighted by Gasteiger charge is 2.56. The summed E-state index contributed by atoms with van der Waals surface area (Å²) in [6.07, 6.45) is 7.41. The molecule has 0 radical (unpaired) electrons. The van der Waals surface area contributed by atoms with Crippen molar-refractivity contribution in [1.82, 2.24) is 25.1 Å². The van der Waals surface area contributed by atoms with E-state index in [9.17, 15) is 4.79 Å². The van der Waals surface area contributed by atoms with Gasteiger partial charge >= 0.3 is 0 Å². The molecule has 1 saturated heterocycles. The van der Waals surface area contributed by atoms with Crippen LogP contribution < -0.4 is 10.6 Å². The van der Waals surface area contributed by atoms with Crippen molar-refractivity contribution in [3.05, 3.63) is 54.1 Å². The molecule has 0 bridgehead atoms. The second kappa shape index (κ2) is 7.82. The molecule has 4 rings (SSSR count). The van der Waals surface area contributed by atoms with Crippen LogP contribution in [0.3, 0.4) is 0 Å². The molecule has 2 N–H and O–H groups in total. The fraction of sp³-hybridized carbons (Fsp3) is 0.524. The van der Waals surface area contributed by atoms with E-state index in [1.54, 1.807) is 0 Å². The maximum atomic E-state index is 12.7. The third-order valence-electron chi connectivity index (χ3n) is 6.13. The highest BCUT2D eigenvalue weighted by molar-refractivity contribution is 5.78. The number of aromatic nitrogens is 2. The minimum absolute atomic E-state index is 0.0871. The number of nitrogens with zero attached hydrogens (tertiary/aromatic N) is 3. The number of carbonyl (C=O) groups is 1. The lowest BCUT2D eigenvalue weighted by Gasteiger charge is -2.29. The number of hydrogen-bond donors (Lipinski definition) is 2. The zero-order chi connectivity index (χ0) is 18.7. The van der Waals surface area contributed by atoms with E-state index in [1.165, 1.54) is 19.3 Å². The van der Waals surface area contributed by atoms with Crippen molar-refractivity contribution in [2.75, 3.05) is 19.6 Å². The Morgan fingerprint density at radius 1 is 1.33 bits per heavy atom. The topological polar surface area (TPSA) is 62.2 Å². The van der Waals surface area contributed by atoms with Crippen molar-refractivity contribution in [3.63, 3.8) is 0 Å². The lowest BCUT2D eigenvalue weighted by atomic mass is 9.93. The van der Waals surface area contributed by atoms with Gasteiger partial charge in [0, 0.05) is 32.0 Å². The van der Waals surface area contributed by atoms with Crippen molar-refractivity contribution in [3.8, 4) is 0 Å². The van der Waals surface area contributed by atoms with Crippen LogP contribution in [0.4, 0.5) is 0 Å². The van der Waals surface area contributed by atoms with Crippen molar-refractivity contribution in [1.29, 1.82) is 0 Å². The fourth-order valence-corrected chi connectivity index (χ4v) is 4.35. The second-order valence-electron chi connectivity index (χ2n) is 7.95. The van der Waals surface area contributed by atoms with Crippen molar-refractivity contribution in [2.24, 2.45) is 12.5 Å². The Kier molecular flexibility index (Phi) is 5.27. The third-order valence-corrected chi connectivity index (χ3v) is 6.13. The molecular formula is C21H29N5O. The van der Waals surface area contributed by atoms with Crippen LogP contribution in [0.25, 0.3) is 0 Å². The summed E-state index contributed by atoms with van der Waals surface area (Å²) in [4.78, 5) is 19.5. The van der Waals surface area contributed by atoms with Crippen LogP contribution in [-0.2, 0) is 24.9 Å².